The first kappa shape index (κ1) is 93.0. The van der Waals surface area contributed by atoms with Gasteiger partial charge >= 0.3 is 39.5 Å². The number of aliphatic hydroxyl groups is 1. The molecule has 0 aliphatic heterocycles. The maximum atomic E-state index is 13.1. The van der Waals surface area contributed by atoms with Gasteiger partial charge in [0.1, 0.15) is 19.3 Å². The third kappa shape index (κ3) is 69.5. The standard InChI is InChI=1S/C77H142O17P2/c1-5-9-13-17-21-25-29-33-35-39-41-45-49-53-57-61-74(79)87-67-72(93-76(81)63-59-55-51-47-43-37-31-27-23-19-15-11-7-3)69-91-95(83,84)89-65-71(78)66-90-96(85,86)92-70-73(94-77(82)64-60-56-52-48-44-38-32-28-24-20-16-12-8-4)68-88-75(80)62-58-54-50-46-42-40-36-34-30-26-22-18-14-10-6-2/h15,19,27,31,33-36,71-73,78H,5-14,16-18,20-26,28-30,32,37-70H2,1-4H3,(H,83,84)(H,85,86)/b19-15-,31-27-,35-33-,36-34-. The number of ether oxygens (including phenoxy) is 4. The fourth-order valence-corrected chi connectivity index (χ4v) is 12.4. The molecule has 0 bridgehead atoms. The van der Waals surface area contributed by atoms with Crippen LogP contribution in [0.15, 0.2) is 48.6 Å². The lowest BCUT2D eigenvalue weighted by Crippen LogP contribution is -2.30. The molecule has 5 atom stereocenters. The van der Waals surface area contributed by atoms with Crippen molar-refractivity contribution >= 4 is 39.5 Å². The fraction of sp³-hybridized carbons (Fsp3) is 0.844. The summed E-state index contributed by atoms with van der Waals surface area (Å²) in [5.74, 6) is -2.17. The highest BCUT2D eigenvalue weighted by Crippen LogP contribution is 2.45. The van der Waals surface area contributed by atoms with Crippen LogP contribution in [0.5, 0.6) is 0 Å². The molecule has 0 aromatic carbocycles. The summed E-state index contributed by atoms with van der Waals surface area (Å²) in [7, 11) is -9.94. The summed E-state index contributed by atoms with van der Waals surface area (Å²) < 4.78 is 68.5. The van der Waals surface area contributed by atoms with Gasteiger partial charge in [0.25, 0.3) is 0 Å². The van der Waals surface area contributed by atoms with Crippen molar-refractivity contribution in [2.24, 2.45) is 0 Å². The van der Waals surface area contributed by atoms with Gasteiger partial charge in [-0.25, -0.2) is 9.13 Å². The Balaban J connectivity index is 5.31. The Kier molecular flexibility index (Phi) is 68.3. The zero-order valence-corrected chi connectivity index (χ0v) is 63.1. The van der Waals surface area contributed by atoms with Crippen LogP contribution in [0.25, 0.3) is 0 Å². The highest BCUT2D eigenvalue weighted by molar-refractivity contribution is 7.47. The van der Waals surface area contributed by atoms with Crippen molar-refractivity contribution in [3.8, 4) is 0 Å². The van der Waals surface area contributed by atoms with Gasteiger partial charge in [-0.15, -0.1) is 0 Å². The number of phosphoric acid groups is 2. The summed E-state index contributed by atoms with van der Waals surface area (Å²) in [4.78, 5) is 72.8. The molecule has 0 spiro atoms. The molecule has 0 heterocycles. The largest absolute Gasteiger partial charge is 0.472 e. The molecule has 0 aromatic heterocycles. The second-order valence-corrected chi connectivity index (χ2v) is 29.2. The van der Waals surface area contributed by atoms with Crippen molar-refractivity contribution in [2.75, 3.05) is 39.6 Å². The number of hydrogen-bond donors (Lipinski definition) is 3. The predicted molar refractivity (Wildman–Crippen MR) is 390 cm³/mol. The molecule has 19 heteroatoms. The van der Waals surface area contributed by atoms with Crippen molar-refractivity contribution in [2.45, 2.75) is 380 Å². The van der Waals surface area contributed by atoms with Crippen LogP contribution in [0.3, 0.4) is 0 Å². The lowest BCUT2D eigenvalue weighted by Gasteiger charge is -2.21. The van der Waals surface area contributed by atoms with Crippen LogP contribution in [0.4, 0.5) is 0 Å². The summed E-state index contributed by atoms with van der Waals surface area (Å²) in [6, 6.07) is 0. The summed E-state index contributed by atoms with van der Waals surface area (Å²) in [5.41, 5.74) is 0. The zero-order chi connectivity index (χ0) is 70.4. The topological polar surface area (TPSA) is 237 Å². The monoisotopic (exact) mass is 1400 g/mol. The zero-order valence-electron chi connectivity index (χ0n) is 61.3. The Labute approximate surface area is 585 Å². The third-order valence-electron chi connectivity index (χ3n) is 16.7. The van der Waals surface area contributed by atoms with Gasteiger partial charge in [0.2, 0.25) is 0 Å². The Morgan fingerprint density at radius 1 is 0.292 bits per heavy atom. The van der Waals surface area contributed by atoms with Gasteiger partial charge in [-0.3, -0.25) is 37.3 Å². The molecule has 0 aliphatic carbocycles. The van der Waals surface area contributed by atoms with E-state index in [-0.39, 0.29) is 25.7 Å². The number of rotatable bonds is 74. The number of carbonyl (C=O) groups excluding carboxylic acids is 4. The van der Waals surface area contributed by atoms with E-state index in [9.17, 15) is 43.2 Å². The van der Waals surface area contributed by atoms with Gasteiger partial charge < -0.3 is 33.8 Å². The van der Waals surface area contributed by atoms with Crippen molar-refractivity contribution < 1.29 is 80.2 Å². The molecule has 0 amide bonds. The van der Waals surface area contributed by atoms with E-state index < -0.39 is 97.5 Å². The number of phosphoric ester groups is 2. The van der Waals surface area contributed by atoms with Crippen LogP contribution in [-0.4, -0.2) is 96.7 Å². The second kappa shape index (κ2) is 70.5. The van der Waals surface area contributed by atoms with Crippen LogP contribution in [0, 0.1) is 0 Å². The molecule has 0 radical (unpaired) electrons. The van der Waals surface area contributed by atoms with E-state index in [4.69, 9.17) is 37.0 Å². The number of carbonyl (C=O) groups is 4. The van der Waals surface area contributed by atoms with Gasteiger partial charge in [-0.05, 0) is 103 Å². The van der Waals surface area contributed by atoms with Crippen molar-refractivity contribution in [1.82, 2.24) is 0 Å². The second-order valence-electron chi connectivity index (χ2n) is 26.3. The van der Waals surface area contributed by atoms with Crippen LogP contribution >= 0.6 is 15.6 Å². The number of esters is 4. The molecule has 0 aromatic rings. The predicted octanol–water partition coefficient (Wildman–Crippen LogP) is 22.1. The first-order valence-electron chi connectivity index (χ1n) is 38.9. The average molecular weight is 1400 g/mol. The van der Waals surface area contributed by atoms with Gasteiger partial charge in [0, 0.05) is 25.7 Å². The highest BCUT2D eigenvalue weighted by atomic mass is 31.2. The molecule has 96 heavy (non-hydrogen) atoms. The van der Waals surface area contributed by atoms with E-state index in [2.05, 4.69) is 76.3 Å². The van der Waals surface area contributed by atoms with Gasteiger partial charge in [0.15, 0.2) is 12.2 Å². The molecule has 0 saturated carbocycles. The molecule has 0 saturated heterocycles. The van der Waals surface area contributed by atoms with E-state index in [1.807, 2.05) is 0 Å². The third-order valence-corrected chi connectivity index (χ3v) is 18.6. The molecule has 0 aliphatic rings. The number of aliphatic hydroxyl groups excluding tert-OH is 1. The summed E-state index contributed by atoms with van der Waals surface area (Å²) >= 11 is 0. The summed E-state index contributed by atoms with van der Waals surface area (Å²) in [6.07, 6.45) is 66.6. The maximum absolute atomic E-state index is 13.1. The lowest BCUT2D eigenvalue weighted by atomic mass is 10.0. The Morgan fingerprint density at radius 2 is 0.531 bits per heavy atom. The van der Waals surface area contributed by atoms with E-state index >= 15 is 0 Å². The smallest absolute Gasteiger partial charge is 0.462 e. The highest BCUT2D eigenvalue weighted by Gasteiger charge is 2.30. The Morgan fingerprint density at radius 3 is 0.823 bits per heavy atom. The van der Waals surface area contributed by atoms with E-state index in [0.29, 0.717) is 25.7 Å². The Hall–Kier alpha value is -2.98. The Bertz CT molecular complexity index is 2010. The van der Waals surface area contributed by atoms with Gasteiger partial charge in [-0.2, -0.15) is 0 Å². The molecule has 5 unspecified atom stereocenters. The molecule has 17 nitrogen and oxygen atoms in total. The minimum atomic E-state index is -4.97. The maximum Gasteiger partial charge on any atom is 0.472 e. The molecular weight excluding hydrogens is 1260 g/mol. The van der Waals surface area contributed by atoms with Gasteiger partial charge in [-0.1, -0.05) is 282 Å². The molecule has 0 rings (SSSR count). The normalized spacial score (nSPS) is 14.2. The van der Waals surface area contributed by atoms with E-state index in [1.165, 1.54) is 128 Å². The van der Waals surface area contributed by atoms with E-state index in [0.717, 1.165) is 154 Å². The van der Waals surface area contributed by atoms with Crippen molar-refractivity contribution in [3.05, 3.63) is 48.6 Å². The summed E-state index contributed by atoms with van der Waals surface area (Å²) in [5, 5.41) is 10.6. The quantitative estimate of drug-likeness (QED) is 0.0169. The summed E-state index contributed by atoms with van der Waals surface area (Å²) in [6.45, 7) is 4.83. The SMILES string of the molecule is CCC/C=C\C/C=C\CCCCCCCC(=O)OC(COC(=O)CCCCCCC/C=C\CCCCCCCC)COP(=O)(O)OCC(O)COP(=O)(O)OCC(COC(=O)CCCCCCC/C=C\CCCCCCCC)OC(=O)CCCCCCCCCCCCCCC. The van der Waals surface area contributed by atoms with Crippen LogP contribution in [-0.2, 0) is 65.4 Å². The number of allylic oxidation sites excluding steroid dienone is 8. The van der Waals surface area contributed by atoms with Gasteiger partial charge in [0.05, 0.1) is 26.4 Å². The minimum Gasteiger partial charge on any atom is -0.462 e. The van der Waals surface area contributed by atoms with Crippen LogP contribution in [0.2, 0.25) is 0 Å². The van der Waals surface area contributed by atoms with Crippen molar-refractivity contribution in [3.63, 3.8) is 0 Å². The number of unbranched alkanes of at least 4 members (excludes halogenated alkanes) is 40. The fourth-order valence-electron chi connectivity index (χ4n) is 10.8. The molecule has 0 fully saturated rings. The van der Waals surface area contributed by atoms with Crippen LogP contribution < -0.4 is 0 Å². The van der Waals surface area contributed by atoms with Crippen LogP contribution in [0.1, 0.15) is 362 Å². The van der Waals surface area contributed by atoms with Crippen molar-refractivity contribution in [1.29, 1.82) is 0 Å². The molecule has 562 valence electrons. The van der Waals surface area contributed by atoms with E-state index in [1.54, 1.807) is 0 Å². The molecular formula is C77H142O17P2. The number of hydrogen-bond acceptors (Lipinski definition) is 15. The molecule has 3 N–H and O–H groups in total. The first-order valence-corrected chi connectivity index (χ1v) is 41.9. The lowest BCUT2D eigenvalue weighted by molar-refractivity contribution is -0.161. The average Bonchev–Trinajstić information content (AvgIpc) is 1.15. The first-order chi connectivity index (χ1) is 46.7. The minimum absolute atomic E-state index is 0.0817.